The van der Waals surface area contributed by atoms with Gasteiger partial charge in [0.1, 0.15) is 5.75 Å². The van der Waals surface area contributed by atoms with Crippen molar-refractivity contribution in [1.29, 1.82) is 0 Å². The van der Waals surface area contributed by atoms with E-state index in [1.165, 1.54) is 0 Å². The summed E-state index contributed by atoms with van der Waals surface area (Å²) in [5.41, 5.74) is 3.54. The average molecular weight is 473 g/mol. The highest BCUT2D eigenvalue weighted by atomic mass is 32.2. The number of hydrogen-bond acceptors (Lipinski definition) is 6. The van der Waals surface area contributed by atoms with Gasteiger partial charge in [-0.25, -0.2) is 4.79 Å². The number of ether oxygens (including phenoxy) is 1. The van der Waals surface area contributed by atoms with Crippen LogP contribution in [0, 0.1) is 0 Å². The summed E-state index contributed by atoms with van der Waals surface area (Å²) >= 11 is 1.62. The van der Waals surface area contributed by atoms with E-state index in [0.717, 1.165) is 51.2 Å². The molecule has 0 aliphatic heterocycles. The van der Waals surface area contributed by atoms with Crippen molar-refractivity contribution in [3.63, 3.8) is 0 Å². The van der Waals surface area contributed by atoms with Crippen molar-refractivity contribution in [3.05, 3.63) is 83.5 Å². The van der Waals surface area contributed by atoms with Crippen molar-refractivity contribution < 1.29 is 4.74 Å². The molecule has 3 aromatic heterocycles. The van der Waals surface area contributed by atoms with Crippen LogP contribution in [0.4, 0.5) is 0 Å². The number of nitrogens with one attached hydrogen (secondary N) is 1. The number of thioether (sulfide) groups is 1. The summed E-state index contributed by atoms with van der Waals surface area (Å²) < 4.78 is 9.42. The molecule has 0 aliphatic rings. The van der Waals surface area contributed by atoms with Gasteiger partial charge in [-0.15, -0.1) is 10.2 Å². The van der Waals surface area contributed by atoms with Gasteiger partial charge in [0, 0.05) is 35.9 Å². The predicted octanol–water partition coefficient (Wildman–Crippen LogP) is 4.55. The van der Waals surface area contributed by atoms with Gasteiger partial charge >= 0.3 is 5.69 Å². The molecule has 9 heteroatoms. The van der Waals surface area contributed by atoms with Crippen molar-refractivity contribution in [3.8, 4) is 22.8 Å². The number of imidazole rings is 1. The number of aromatic nitrogens is 6. The van der Waals surface area contributed by atoms with Crippen molar-refractivity contribution in [2.45, 2.75) is 25.0 Å². The van der Waals surface area contributed by atoms with Crippen LogP contribution in [-0.4, -0.2) is 41.7 Å². The smallest absolute Gasteiger partial charge is 0.326 e. The normalized spacial score (nSPS) is 11.2. The van der Waals surface area contributed by atoms with Crippen LogP contribution < -0.4 is 10.4 Å². The summed E-state index contributed by atoms with van der Waals surface area (Å²) in [4.78, 5) is 19.5. The third-order valence-electron chi connectivity index (χ3n) is 5.40. The Balaban J connectivity index is 1.37. The first kappa shape index (κ1) is 22.0. The summed E-state index contributed by atoms with van der Waals surface area (Å²) in [6, 6.07) is 19.5. The Hall–Kier alpha value is -3.85. The number of para-hydroxylation sites is 2. The van der Waals surface area contributed by atoms with Gasteiger partial charge in [-0.05, 0) is 61.9 Å². The number of rotatable bonds is 9. The Morgan fingerprint density at radius 3 is 2.68 bits per heavy atom. The lowest BCUT2D eigenvalue weighted by atomic mass is 10.2. The lowest BCUT2D eigenvalue weighted by Gasteiger charge is -2.11. The van der Waals surface area contributed by atoms with Crippen LogP contribution in [0.15, 0.2) is 83.0 Å². The van der Waals surface area contributed by atoms with E-state index < -0.39 is 0 Å². The zero-order valence-electron chi connectivity index (χ0n) is 18.7. The third-order valence-corrected chi connectivity index (χ3v) is 6.41. The minimum atomic E-state index is -0.0809. The van der Waals surface area contributed by atoms with Crippen LogP contribution in [0.1, 0.15) is 13.3 Å². The maximum absolute atomic E-state index is 12.3. The highest BCUT2D eigenvalue weighted by Gasteiger charge is 2.16. The van der Waals surface area contributed by atoms with Crippen molar-refractivity contribution >= 4 is 22.8 Å². The van der Waals surface area contributed by atoms with Gasteiger partial charge in [-0.3, -0.25) is 14.1 Å². The topological polar surface area (TPSA) is 90.6 Å². The van der Waals surface area contributed by atoms with E-state index >= 15 is 0 Å². The molecule has 2 aromatic carbocycles. The lowest BCUT2D eigenvalue weighted by Crippen LogP contribution is -2.17. The van der Waals surface area contributed by atoms with E-state index in [9.17, 15) is 4.79 Å². The molecule has 0 atom stereocenters. The van der Waals surface area contributed by atoms with E-state index in [0.29, 0.717) is 13.2 Å². The van der Waals surface area contributed by atoms with Gasteiger partial charge in [0.25, 0.3) is 0 Å². The second-order valence-electron chi connectivity index (χ2n) is 7.61. The summed E-state index contributed by atoms with van der Waals surface area (Å²) in [5, 5.41) is 9.72. The molecule has 1 N–H and O–H groups in total. The minimum Gasteiger partial charge on any atom is -0.494 e. The maximum Gasteiger partial charge on any atom is 0.326 e. The minimum absolute atomic E-state index is 0.0809. The number of H-pyrrole nitrogens is 1. The van der Waals surface area contributed by atoms with E-state index in [1.54, 1.807) is 28.7 Å². The molecular formula is C25H24N6O2S. The zero-order valence-corrected chi connectivity index (χ0v) is 19.5. The predicted molar refractivity (Wildman–Crippen MR) is 134 cm³/mol. The molecule has 0 bridgehead atoms. The molecule has 0 unspecified atom stereocenters. The highest BCUT2D eigenvalue weighted by Crippen LogP contribution is 2.29. The average Bonchev–Trinajstić information content (AvgIpc) is 3.43. The molecule has 5 rings (SSSR count). The lowest BCUT2D eigenvalue weighted by molar-refractivity contribution is 0.340. The van der Waals surface area contributed by atoms with E-state index in [-0.39, 0.29) is 5.69 Å². The van der Waals surface area contributed by atoms with Gasteiger partial charge in [0.2, 0.25) is 0 Å². The highest BCUT2D eigenvalue weighted by molar-refractivity contribution is 7.99. The van der Waals surface area contributed by atoms with Gasteiger partial charge in [-0.2, -0.15) is 0 Å². The Morgan fingerprint density at radius 1 is 1.03 bits per heavy atom. The van der Waals surface area contributed by atoms with Gasteiger partial charge < -0.3 is 9.72 Å². The van der Waals surface area contributed by atoms with Crippen LogP contribution >= 0.6 is 11.8 Å². The van der Waals surface area contributed by atoms with Crippen molar-refractivity contribution in [2.24, 2.45) is 0 Å². The molecular weight excluding hydrogens is 448 g/mol. The Kier molecular flexibility index (Phi) is 6.44. The molecule has 0 radical (unpaired) electrons. The third kappa shape index (κ3) is 4.47. The number of fused-ring (bicyclic) bond motifs is 1. The maximum atomic E-state index is 12.3. The summed E-state index contributed by atoms with van der Waals surface area (Å²) in [6.45, 7) is 3.21. The Bertz CT molecular complexity index is 1440. The molecule has 34 heavy (non-hydrogen) atoms. The first-order chi connectivity index (χ1) is 16.7. The Labute approximate surface area is 200 Å². The molecule has 0 saturated carbocycles. The first-order valence-electron chi connectivity index (χ1n) is 11.1. The fourth-order valence-electron chi connectivity index (χ4n) is 3.85. The van der Waals surface area contributed by atoms with Crippen molar-refractivity contribution in [2.75, 3.05) is 12.4 Å². The van der Waals surface area contributed by atoms with Crippen molar-refractivity contribution in [1.82, 2.24) is 29.3 Å². The van der Waals surface area contributed by atoms with Crippen LogP contribution in [0.25, 0.3) is 28.1 Å². The Morgan fingerprint density at radius 2 is 1.88 bits per heavy atom. The van der Waals surface area contributed by atoms with E-state index in [4.69, 9.17) is 4.74 Å². The summed E-state index contributed by atoms with van der Waals surface area (Å²) in [7, 11) is 0. The second kappa shape index (κ2) is 9.96. The molecule has 0 amide bonds. The van der Waals surface area contributed by atoms with Crippen LogP contribution in [0.3, 0.4) is 0 Å². The van der Waals surface area contributed by atoms with Crippen LogP contribution in [0.5, 0.6) is 5.75 Å². The van der Waals surface area contributed by atoms with Crippen LogP contribution in [0.2, 0.25) is 0 Å². The molecule has 0 aliphatic carbocycles. The fourth-order valence-corrected chi connectivity index (χ4v) is 4.73. The quantitative estimate of drug-likeness (QED) is 0.250. The standard InChI is InChI=1S/C25H24N6O2S/c1-2-33-20-12-10-19(11-13-20)31-23(18-7-5-14-26-17-18)28-29-25(31)34-16-6-15-30-22-9-4-3-8-21(22)27-24(30)32/h3-5,7-14,17H,2,6,15-16H2,1H3,(H,27,32). The molecule has 5 aromatic rings. The molecule has 8 nitrogen and oxygen atoms in total. The van der Waals surface area contributed by atoms with Gasteiger partial charge in [-0.1, -0.05) is 23.9 Å². The number of aromatic amines is 1. The van der Waals surface area contributed by atoms with Gasteiger partial charge in [0.05, 0.1) is 17.6 Å². The molecule has 0 spiro atoms. The largest absolute Gasteiger partial charge is 0.494 e. The molecule has 0 saturated heterocycles. The van der Waals surface area contributed by atoms with Gasteiger partial charge in [0.15, 0.2) is 11.0 Å². The molecule has 0 fully saturated rings. The first-order valence-corrected chi connectivity index (χ1v) is 12.1. The number of nitrogens with zero attached hydrogens (tertiary/aromatic N) is 5. The van der Waals surface area contributed by atoms with E-state index in [1.807, 2.05) is 72.2 Å². The number of aryl methyl sites for hydroxylation is 1. The number of hydrogen-bond donors (Lipinski definition) is 1. The van der Waals surface area contributed by atoms with Crippen LogP contribution in [-0.2, 0) is 6.54 Å². The monoisotopic (exact) mass is 472 g/mol. The molecule has 3 heterocycles. The fraction of sp³-hybridized carbons (Fsp3) is 0.200. The number of benzene rings is 2. The summed E-state index contributed by atoms with van der Waals surface area (Å²) in [6.07, 6.45) is 4.33. The summed E-state index contributed by atoms with van der Waals surface area (Å²) in [5.74, 6) is 2.34. The second-order valence-corrected chi connectivity index (χ2v) is 8.67. The van der Waals surface area contributed by atoms with E-state index in [2.05, 4.69) is 20.2 Å². The zero-order chi connectivity index (χ0) is 23.3. The number of pyridine rings is 1. The SMILES string of the molecule is CCOc1ccc(-n2c(SCCCn3c(=O)[nH]c4ccccc43)nnc2-c2cccnc2)cc1. The molecule has 172 valence electrons.